The zero-order chi connectivity index (χ0) is 14.0. The molecule has 1 aromatic carbocycles. The summed E-state index contributed by atoms with van der Waals surface area (Å²) in [4.78, 5) is 2.38. The SMILES string of the molecule is COc1ccc(C2CC(CN)CN2C)c(C)c1OC. The number of likely N-dealkylation sites (tertiary alicyclic amines) is 1. The van der Waals surface area contributed by atoms with Crippen LogP contribution in [0.3, 0.4) is 0 Å². The Labute approximate surface area is 115 Å². The first-order chi connectivity index (χ1) is 9.12. The summed E-state index contributed by atoms with van der Waals surface area (Å²) in [5.74, 6) is 2.21. The highest BCUT2D eigenvalue weighted by atomic mass is 16.5. The monoisotopic (exact) mass is 264 g/mol. The number of benzene rings is 1. The summed E-state index contributed by atoms with van der Waals surface area (Å²) < 4.78 is 10.8. The van der Waals surface area contributed by atoms with Crippen LogP contribution in [0.2, 0.25) is 0 Å². The third-order valence-corrected chi connectivity index (χ3v) is 4.16. The second-order valence-corrected chi connectivity index (χ2v) is 5.31. The minimum absolute atomic E-state index is 0.424. The Balaban J connectivity index is 2.35. The van der Waals surface area contributed by atoms with Crippen molar-refractivity contribution in [2.75, 3.05) is 34.4 Å². The summed E-state index contributed by atoms with van der Waals surface area (Å²) in [6, 6.07) is 4.56. The molecule has 4 nitrogen and oxygen atoms in total. The Morgan fingerprint density at radius 3 is 2.58 bits per heavy atom. The molecule has 1 aliphatic heterocycles. The van der Waals surface area contributed by atoms with Gasteiger partial charge in [0, 0.05) is 12.6 Å². The van der Waals surface area contributed by atoms with Gasteiger partial charge in [0.2, 0.25) is 0 Å². The van der Waals surface area contributed by atoms with E-state index in [1.165, 1.54) is 5.56 Å². The van der Waals surface area contributed by atoms with Crippen LogP contribution in [-0.2, 0) is 0 Å². The molecule has 0 spiro atoms. The summed E-state index contributed by atoms with van der Waals surface area (Å²) >= 11 is 0. The minimum atomic E-state index is 0.424. The van der Waals surface area contributed by atoms with Crippen molar-refractivity contribution >= 4 is 0 Å². The molecule has 2 rings (SSSR count). The Morgan fingerprint density at radius 2 is 2.05 bits per heavy atom. The largest absolute Gasteiger partial charge is 0.493 e. The van der Waals surface area contributed by atoms with Gasteiger partial charge >= 0.3 is 0 Å². The molecule has 1 aromatic rings. The van der Waals surface area contributed by atoms with Gasteiger partial charge in [-0.2, -0.15) is 0 Å². The summed E-state index contributed by atoms with van der Waals surface area (Å²) in [7, 11) is 5.52. The van der Waals surface area contributed by atoms with Crippen molar-refractivity contribution in [2.24, 2.45) is 11.7 Å². The molecule has 1 fully saturated rings. The molecular weight excluding hydrogens is 240 g/mol. The lowest BCUT2D eigenvalue weighted by Gasteiger charge is -2.23. The first-order valence-electron chi connectivity index (χ1n) is 6.74. The van der Waals surface area contributed by atoms with E-state index in [4.69, 9.17) is 15.2 Å². The number of hydrogen-bond donors (Lipinski definition) is 1. The lowest BCUT2D eigenvalue weighted by Crippen LogP contribution is -2.21. The van der Waals surface area contributed by atoms with Crippen molar-refractivity contribution < 1.29 is 9.47 Å². The zero-order valence-corrected chi connectivity index (χ0v) is 12.3. The predicted octanol–water partition coefficient (Wildman–Crippen LogP) is 1.96. The van der Waals surface area contributed by atoms with E-state index in [0.29, 0.717) is 12.0 Å². The molecule has 0 aromatic heterocycles. The van der Waals surface area contributed by atoms with Crippen molar-refractivity contribution in [1.82, 2.24) is 4.90 Å². The zero-order valence-electron chi connectivity index (χ0n) is 12.3. The van der Waals surface area contributed by atoms with Crippen LogP contribution < -0.4 is 15.2 Å². The number of nitrogens with two attached hydrogens (primary N) is 1. The maximum Gasteiger partial charge on any atom is 0.163 e. The topological polar surface area (TPSA) is 47.7 Å². The lowest BCUT2D eigenvalue weighted by molar-refractivity contribution is 0.309. The highest BCUT2D eigenvalue weighted by molar-refractivity contribution is 5.51. The van der Waals surface area contributed by atoms with E-state index in [-0.39, 0.29) is 0 Å². The van der Waals surface area contributed by atoms with E-state index >= 15 is 0 Å². The second-order valence-electron chi connectivity index (χ2n) is 5.31. The van der Waals surface area contributed by atoms with Gasteiger partial charge in [-0.15, -0.1) is 0 Å². The number of methoxy groups -OCH3 is 2. The van der Waals surface area contributed by atoms with Gasteiger partial charge in [-0.3, -0.25) is 4.90 Å². The third-order valence-electron chi connectivity index (χ3n) is 4.16. The molecule has 1 saturated heterocycles. The minimum Gasteiger partial charge on any atom is -0.493 e. The van der Waals surface area contributed by atoms with Gasteiger partial charge in [-0.25, -0.2) is 0 Å². The Morgan fingerprint density at radius 1 is 1.32 bits per heavy atom. The van der Waals surface area contributed by atoms with E-state index in [0.717, 1.165) is 36.6 Å². The Hall–Kier alpha value is -1.26. The molecule has 106 valence electrons. The first-order valence-corrected chi connectivity index (χ1v) is 6.74. The highest BCUT2D eigenvalue weighted by Gasteiger charge is 2.31. The van der Waals surface area contributed by atoms with Crippen molar-refractivity contribution in [1.29, 1.82) is 0 Å². The first kappa shape index (κ1) is 14.2. The van der Waals surface area contributed by atoms with Gasteiger partial charge in [-0.1, -0.05) is 6.07 Å². The molecule has 19 heavy (non-hydrogen) atoms. The third kappa shape index (κ3) is 2.55. The van der Waals surface area contributed by atoms with Crippen LogP contribution in [0.4, 0.5) is 0 Å². The molecule has 0 bridgehead atoms. The van der Waals surface area contributed by atoms with Gasteiger partial charge in [0.05, 0.1) is 14.2 Å². The summed E-state index contributed by atoms with van der Waals surface area (Å²) in [5, 5.41) is 0. The van der Waals surface area contributed by atoms with Crippen molar-refractivity contribution in [3.05, 3.63) is 23.3 Å². The number of hydrogen-bond acceptors (Lipinski definition) is 4. The van der Waals surface area contributed by atoms with E-state index in [2.05, 4.69) is 24.9 Å². The fourth-order valence-corrected chi connectivity index (χ4v) is 3.10. The van der Waals surface area contributed by atoms with Gasteiger partial charge < -0.3 is 15.2 Å². The molecular formula is C15H24N2O2. The van der Waals surface area contributed by atoms with E-state index < -0.39 is 0 Å². The molecule has 2 unspecified atom stereocenters. The fraction of sp³-hybridized carbons (Fsp3) is 0.600. The van der Waals surface area contributed by atoms with Crippen molar-refractivity contribution in [3.63, 3.8) is 0 Å². The number of rotatable bonds is 4. The second kappa shape index (κ2) is 5.80. The molecule has 0 amide bonds. The van der Waals surface area contributed by atoms with Gasteiger partial charge in [-0.05, 0) is 50.0 Å². The predicted molar refractivity (Wildman–Crippen MR) is 76.8 cm³/mol. The molecule has 2 atom stereocenters. The smallest absolute Gasteiger partial charge is 0.163 e. The average Bonchev–Trinajstić information content (AvgIpc) is 2.79. The summed E-state index contributed by atoms with van der Waals surface area (Å²) in [6.07, 6.45) is 1.11. The average molecular weight is 264 g/mol. The van der Waals surface area contributed by atoms with Gasteiger partial charge in [0.15, 0.2) is 11.5 Å². The lowest BCUT2D eigenvalue weighted by atomic mass is 9.95. The summed E-state index contributed by atoms with van der Waals surface area (Å²) in [6.45, 7) is 3.92. The standard InChI is InChI=1S/C15H24N2O2/c1-10-12(5-6-14(18-3)15(10)19-4)13-7-11(8-16)9-17(13)2/h5-6,11,13H,7-9,16H2,1-4H3. The molecule has 1 aliphatic rings. The molecule has 4 heteroatoms. The fourth-order valence-electron chi connectivity index (χ4n) is 3.10. The maximum absolute atomic E-state index is 5.80. The Kier molecular flexibility index (Phi) is 4.32. The van der Waals surface area contributed by atoms with Crippen LogP contribution in [0.15, 0.2) is 12.1 Å². The van der Waals surface area contributed by atoms with E-state index in [1.807, 2.05) is 6.07 Å². The quantitative estimate of drug-likeness (QED) is 0.903. The van der Waals surface area contributed by atoms with E-state index in [9.17, 15) is 0 Å². The molecule has 1 heterocycles. The van der Waals surface area contributed by atoms with Crippen molar-refractivity contribution in [3.8, 4) is 11.5 Å². The normalized spacial score (nSPS) is 23.6. The molecule has 2 N–H and O–H groups in total. The number of ether oxygens (including phenoxy) is 2. The molecule has 0 aliphatic carbocycles. The van der Waals surface area contributed by atoms with E-state index in [1.54, 1.807) is 14.2 Å². The Bertz CT molecular complexity index is 448. The number of nitrogens with zero attached hydrogens (tertiary/aromatic N) is 1. The van der Waals surface area contributed by atoms with Crippen LogP contribution in [0, 0.1) is 12.8 Å². The molecule has 0 saturated carbocycles. The van der Waals surface area contributed by atoms with Gasteiger partial charge in [0.25, 0.3) is 0 Å². The van der Waals surface area contributed by atoms with Crippen LogP contribution in [0.5, 0.6) is 11.5 Å². The van der Waals surface area contributed by atoms with Crippen LogP contribution in [-0.4, -0.2) is 39.3 Å². The van der Waals surface area contributed by atoms with Gasteiger partial charge in [0.1, 0.15) is 0 Å². The van der Waals surface area contributed by atoms with Crippen LogP contribution in [0.1, 0.15) is 23.6 Å². The summed E-state index contributed by atoms with van der Waals surface area (Å²) in [5.41, 5.74) is 8.28. The molecule has 0 radical (unpaired) electrons. The maximum atomic E-state index is 5.80. The van der Waals surface area contributed by atoms with Crippen LogP contribution in [0.25, 0.3) is 0 Å². The highest BCUT2D eigenvalue weighted by Crippen LogP contribution is 2.41. The van der Waals surface area contributed by atoms with Crippen molar-refractivity contribution in [2.45, 2.75) is 19.4 Å². The van der Waals surface area contributed by atoms with Crippen LogP contribution >= 0.6 is 0 Å².